The second-order valence-electron chi connectivity index (χ2n) is 8.32. The maximum absolute atomic E-state index is 12.8. The van der Waals surface area contributed by atoms with Crippen LogP contribution in [0.25, 0.3) is 0 Å². The van der Waals surface area contributed by atoms with Crippen LogP contribution in [0.1, 0.15) is 54.3 Å². The second-order valence-corrected chi connectivity index (χ2v) is 11.4. The normalized spacial score (nSPS) is 20.3. The van der Waals surface area contributed by atoms with Crippen molar-refractivity contribution >= 4 is 33.0 Å². The van der Waals surface area contributed by atoms with E-state index in [1.165, 1.54) is 31.5 Å². The molecule has 2 aromatic rings. The lowest BCUT2D eigenvalue weighted by atomic mass is 9.82. The van der Waals surface area contributed by atoms with Crippen LogP contribution in [0.3, 0.4) is 0 Å². The van der Waals surface area contributed by atoms with Gasteiger partial charge in [-0.15, -0.1) is 11.3 Å². The molecule has 1 saturated carbocycles. The van der Waals surface area contributed by atoms with Crippen molar-refractivity contribution in [2.24, 2.45) is 5.92 Å². The highest BCUT2D eigenvalue weighted by Crippen LogP contribution is 2.46. The van der Waals surface area contributed by atoms with E-state index < -0.39 is 28.2 Å². The number of aliphatic hydroxyl groups is 2. The molecule has 1 aromatic heterocycles. The molecule has 2 aliphatic rings. The van der Waals surface area contributed by atoms with Crippen LogP contribution in [-0.2, 0) is 28.4 Å². The van der Waals surface area contributed by atoms with Crippen molar-refractivity contribution in [3.05, 3.63) is 40.0 Å². The van der Waals surface area contributed by atoms with E-state index in [9.17, 15) is 19.2 Å². The summed E-state index contributed by atoms with van der Waals surface area (Å²) in [4.78, 5) is 16.6. The summed E-state index contributed by atoms with van der Waals surface area (Å²) in [6, 6.07) is 3.49. The Morgan fingerprint density at radius 2 is 2.17 bits per heavy atom. The third-order valence-electron chi connectivity index (χ3n) is 5.92. The quantitative estimate of drug-likeness (QED) is 0.442. The molecule has 2 aliphatic carbocycles. The number of fused-ring (bicyclic) bond motifs is 1. The maximum atomic E-state index is 12.8. The van der Waals surface area contributed by atoms with Gasteiger partial charge in [-0.3, -0.25) is 0 Å². The minimum atomic E-state index is -3.67. The van der Waals surface area contributed by atoms with Gasteiger partial charge in [0.2, 0.25) is 0 Å². The maximum Gasteiger partial charge on any atom is 0.331 e. The molecule has 2 amide bonds. The molecule has 0 bridgehead atoms. The molecule has 30 heavy (non-hydrogen) atoms. The van der Waals surface area contributed by atoms with Gasteiger partial charge >= 0.3 is 6.03 Å². The SMILES string of the molecule is C[C@@H](c1ccc2c(c1NC(=O)NS(=N)(=O)c1cnc([C@@](C)(O)CO)s1)CC2)C1CC1. The molecule has 0 aliphatic heterocycles. The smallest absolute Gasteiger partial charge is 0.331 e. The Balaban J connectivity index is 1.53. The van der Waals surface area contributed by atoms with E-state index in [0.717, 1.165) is 41.0 Å². The Bertz CT molecular complexity index is 1090. The second kappa shape index (κ2) is 7.60. The summed E-state index contributed by atoms with van der Waals surface area (Å²) >= 11 is 0.830. The zero-order chi connectivity index (χ0) is 21.7. The number of thiazole rings is 1. The highest BCUT2D eigenvalue weighted by Gasteiger charge is 2.33. The fourth-order valence-electron chi connectivity index (χ4n) is 3.72. The van der Waals surface area contributed by atoms with Crippen molar-refractivity contribution in [1.29, 1.82) is 4.78 Å². The number of anilines is 1. The van der Waals surface area contributed by atoms with Crippen LogP contribution in [0.4, 0.5) is 10.5 Å². The Morgan fingerprint density at radius 3 is 2.77 bits per heavy atom. The third-order valence-corrected chi connectivity index (χ3v) is 9.06. The predicted molar refractivity (Wildman–Crippen MR) is 115 cm³/mol. The number of aryl methyl sites for hydroxylation is 1. The van der Waals surface area contributed by atoms with E-state index in [1.54, 1.807) is 0 Å². The van der Waals surface area contributed by atoms with E-state index in [1.807, 2.05) is 0 Å². The first-order chi connectivity index (χ1) is 14.1. The van der Waals surface area contributed by atoms with E-state index >= 15 is 0 Å². The zero-order valence-corrected chi connectivity index (χ0v) is 18.5. The Kier molecular flexibility index (Phi) is 5.38. The number of amides is 2. The van der Waals surface area contributed by atoms with Crippen molar-refractivity contribution in [3.63, 3.8) is 0 Å². The van der Waals surface area contributed by atoms with Gasteiger partial charge in [-0.05, 0) is 61.1 Å². The molecule has 3 atom stereocenters. The van der Waals surface area contributed by atoms with Crippen molar-refractivity contribution < 1.29 is 19.2 Å². The molecule has 1 heterocycles. The van der Waals surface area contributed by atoms with Crippen molar-refractivity contribution in [2.75, 3.05) is 11.9 Å². The van der Waals surface area contributed by atoms with Crippen LogP contribution in [0, 0.1) is 10.7 Å². The fourth-order valence-corrected chi connectivity index (χ4v) is 5.85. The van der Waals surface area contributed by atoms with E-state index in [0.29, 0.717) is 11.8 Å². The lowest BCUT2D eigenvalue weighted by molar-refractivity contribution is -0.00244. The van der Waals surface area contributed by atoms with E-state index in [2.05, 4.69) is 34.1 Å². The number of benzene rings is 1. The monoisotopic (exact) mass is 450 g/mol. The molecule has 4 rings (SSSR count). The van der Waals surface area contributed by atoms with Gasteiger partial charge < -0.3 is 15.5 Å². The van der Waals surface area contributed by atoms with Gasteiger partial charge in [0.1, 0.15) is 14.8 Å². The first-order valence-corrected chi connectivity index (χ1v) is 12.3. The number of carbonyl (C=O) groups is 1. The number of hydrogen-bond acceptors (Lipinski definition) is 7. The minimum absolute atomic E-state index is 0.00835. The molecular formula is C20H26N4O4S2. The topological polar surface area (TPSA) is 135 Å². The molecule has 1 aromatic carbocycles. The average Bonchev–Trinajstić information content (AvgIpc) is 3.36. The van der Waals surface area contributed by atoms with Crippen LogP contribution >= 0.6 is 11.3 Å². The van der Waals surface area contributed by atoms with Gasteiger partial charge in [0.05, 0.1) is 12.8 Å². The first-order valence-electron chi connectivity index (χ1n) is 9.94. The lowest BCUT2D eigenvalue weighted by Gasteiger charge is -2.27. The van der Waals surface area contributed by atoms with Crippen molar-refractivity contribution in [2.45, 2.75) is 55.3 Å². The Labute approximate surface area is 179 Å². The average molecular weight is 451 g/mol. The van der Waals surface area contributed by atoms with Gasteiger partial charge in [0, 0.05) is 5.69 Å². The fraction of sp³-hybridized carbons (Fsp3) is 0.500. The summed E-state index contributed by atoms with van der Waals surface area (Å²) < 4.78 is 23.3. The van der Waals surface area contributed by atoms with Gasteiger partial charge in [-0.25, -0.2) is 23.5 Å². The Hall–Kier alpha value is -2.01. The number of nitrogens with one attached hydrogen (secondary N) is 3. The van der Waals surface area contributed by atoms with Crippen LogP contribution in [0.2, 0.25) is 0 Å². The van der Waals surface area contributed by atoms with Gasteiger partial charge in [-0.2, -0.15) is 0 Å². The van der Waals surface area contributed by atoms with Crippen molar-refractivity contribution in [3.8, 4) is 0 Å². The molecule has 8 nitrogen and oxygen atoms in total. The summed E-state index contributed by atoms with van der Waals surface area (Å²) in [7, 11) is -3.67. The molecule has 0 radical (unpaired) electrons. The third kappa shape index (κ3) is 3.96. The Morgan fingerprint density at radius 1 is 1.43 bits per heavy atom. The predicted octanol–water partition coefficient (Wildman–Crippen LogP) is 3.10. The number of aliphatic hydroxyl groups excluding tert-OH is 1. The van der Waals surface area contributed by atoms with Gasteiger partial charge in [0.15, 0.2) is 9.92 Å². The summed E-state index contributed by atoms with van der Waals surface area (Å²) in [6.45, 7) is 2.98. The molecule has 0 saturated heterocycles. The molecule has 162 valence electrons. The van der Waals surface area contributed by atoms with Crippen LogP contribution in [-0.4, -0.2) is 32.0 Å². The van der Waals surface area contributed by atoms with Crippen molar-refractivity contribution in [1.82, 2.24) is 9.71 Å². The molecular weight excluding hydrogens is 424 g/mol. The molecule has 5 N–H and O–H groups in total. The lowest BCUT2D eigenvalue weighted by Crippen LogP contribution is -2.34. The van der Waals surface area contributed by atoms with E-state index in [4.69, 9.17) is 4.78 Å². The highest BCUT2D eigenvalue weighted by molar-refractivity contribution is 7.93. The number of hydrogen-bond donors (Lipinski definition) is 5. The molecule has 1 unspecified atom stereocenters. The summed E-state index contributed by atoms with van der Waals surface area (Å²) in [5, 5.41) is 22.3. The van der Waals surface area contributed by atoms with Crippen LogP contribution in [0.5, 0.6) is 0 Å². The molecule has 1 fully saturated rings. The van der Waals surface area contributed by atoms with Gasteiger partial charge in [0.25, 0.3) is 0 Å². The van der Waals surface area contributed by atoms with Crippen LogP contribution < -0.4 is 10.0 Å². The van der Waals surface area contributed by atoms with E-state index in [-0.39, 0.29) is 9.22 Å². The largest absolute Gasteiger partial charge is 0.393 e. The molecule has 10 heteroatoms. The summed E-state index contributed by atoms with van der Waals surface area (Å²) in [5.74, 6) is 0.957. The standard InChI is InChI=1S/C20H26N4O4S2/c1-11(12-3-4-12)14-7-5-13-6-8-15(13)17(14)23-19(26)24-30(21,28)16-9-22-18(29-16)20(2,27)10-25/h5,7,9,11-12,25,27H,3-4,6,8,10H2,1-2H3,(H3,21,23,24,26,28)/t11-,20+,30?/m1/s1. The van der Waals surface area contributed by atoms with Gasteiger partial charge in [-0.1, -0.05) is 19.1 Å². The number of urea groups is 1. The van der Waals surface area contributed by atoms with Crippen LogP contribution in [0.15, 0.2) is 22.5 Å². The zero-order valence-electron chi connectivity index (χ0n) is 16.9. The number of carbonyl (C=O) groups excluding carboxylic acids is 1. The summed E-state index contributed by atoms with van der Waals surface area (Å²) in [5.41, 5.74) is 2.59. The minimum Gasteiger partial charge on any atom is -0.393 e. The first kappa shape index (κ1) is 21.2. The number of nitrogens with zero attached hydrogens (tertiary/aromatic N) is 1. The molecule has 0 spiro atoms. The number of aromatic nitrogens is 1. The number of rotatable bonds is 7. The highest BCUT2D eigenvalue weighted by atomic mass is 32.2. The summed E-state index contributed by atoms with van der Waals surface area (Å²) in [6.07, 6.45) is 5.44.